The minimum Gasteiger partial charge on any atom is -0.495 e. The molecule has 3 aliphatic rings. The Morgan fingerprint density at radius 1 is 1.09 bits per heavy atom. The van der Waals surface area contributed by atoms with Gasteiger partial charge in [-0.25, -0.2) is 0 Å². The number of unbranched alkanes of at least 4 members (excludes halogenated alkanes) is 2. The molecule has 0 N–H and O–H groups in total. The Kier molecular flexibility index (Phi) is 3.94. The predicted octanol–water partition coefficient (Wildman–Crippen LogP) is 6.19. The maximum Gasteiger partial charge on any atom is 0.115 e. The third kappa shape index (κ3) is 2.18. The van der Waals surface area contributed by atoms with Crippen molar-refractivity contribution in [2.45, 2.75) is 85.7 Å². The molecule has 0 aromatic carbocycles. The Balaban J connectivity index is 1.80. The monoisotopic (exact) mass is 304 g/mol. The van der Waals surface area contributed by atoms with E-state index in [1.165, 1.54) is 32.1 Å². The van der Waals surface area contributed by atoms with Crippen LogP contribution in [0.15, 0.2) is 12.3 Å². The van der Waals surface area contributed by atoms with Gasteiger partial charge in [-0.3, -0.25) is 0 Å². The van der Waals surface area contributed by atoms with E-state index in [9.17, 15) is 0 Å². The van der Waals surface area contributed by atoms with Crippen molar-refractivity contribution in [2.75, 3.05) is 0 Å². The summed E-state index contributed by atoms with van der Waals surface area (Å²) < 4.78 is 6.50. The van der Waals surface area contributed by atoms with Crippen molar-refractivity contribution in [2.24, 2.45) is 34.5 Å². The highest BCUT2D eigenvalue weighted by Gasteiger charge is 2.74. The lowest BCUT2D eigenvalue weighted by Crippen LogP contribution is -2.42. The molecular formula is C21H36O. The van der Waals surface area contributed by atoms with Crippen LogP contribution in [0.3, 0.4) is 0 Å². The molecule has 3 aliphatic carbocycles. The van der Waals surface area contributed by atoms with Crippen LogP contribution in [0.1, 0.15) is 80.1 Å². The maximum absolute atomic E-state index is 6.50. The Hall–Kier alpha value is -0.460. The van der Waals surface area contributed by atoms with Crippen LogP contribution >= 0.6 is 0 Å². The summed E-state index contributed by atoms with van der Waals surface area (Å²) in [6.07, 6.45) is 12.1. The van der Waals surface area contributed by atoms with Crippen molar-refractivity contribution in [3.05, 3.63) is 12.3 Å². The molecule has 0 radical (unpaired) electrons. The molecule has 0 heterocycles. The SMILES string of the molecule is CCCCC=COC12CC1CCC1C2C(C)(C)C(C)C1(C)C. The van der Waals surface area contributed by atoms with Crippen molar-refractivity contribution in [3.63, 3.8) is 0 Å². The lowest BCUT2D eigenvalue weighted by Gasteiger charge is -2.42. The highest BCUT2D eigenvalue weighted by Crippen LogP contribution is 2.74. The fourth-order valence-corrected chi connectivity index (χ4v) is 6.22. The van der Waals surface area contributed by atoms with Gasteiger partial charge in [-0.1, -0.05) is 48.0 Å². The molecule has 0 aromatic rings. The summed E-state index contributed by atoms with van der Waals surface area (Å²) in [4.78, 5) is 0. The molecule has 0 bridgehead atoms. The number of fused-ring (bicyclic) bond motifs is 3. The molecular weight excluding hydrogens is 268 g/mol. The summed E-state index contributed by atoms with van der Waals surface area (Å²) in [5.74, 6) is 3.16. The zero-order valence-electron chi connectivity index (χ0n) is 15.6. The second kappa shape index (κ2) is 5.28. The molecule has 0 amide bonds. The van der Waals surface area contributed by atoms with Gasteiger partial charge in [0.15, 0.2) is 0 Å². The van der Waals surface area contributed by atoms with E-state index in [0.29, 0.717) is 10.8 Å². The Bertz CT molecular complexity index is 447. The second-order valence-electron chi connectivity index (χ2n) is 9.51. The number of hydrogen-bond donors (Lipinski definition) is 0. The van der Waals surface area contributed by atoms with E-state index >= 15 is 0 Å². The third-order valence-corrected chi connectivity index (χ3v) is 7.95. The standard InChI is InChI=1S/C21H36O/c1-7-8-9-10-13-22-21-14-16(21)11-12-17-18(21)20(5,6)15(2)19(17,3)4/h10,13,15-18H,7-9,11-12,14H2,1-6H3. The van der Waals surface area contributed by atoms with Gasteiger partial charge in [0, 0.05) is 11.8 Å². The number of hydrogen-bond acceptors (Lipinski definition) is 1. The van der Waals surface area contributed by atoms with Crippen LogP contribution in [-0.2, 0) is 4.74 Å². The van der Waals surface area contributed by atoms with Crippen LogP contribution in [-0.4, -0.2) is 5.60 Å². The third-order valence-electron chi connectivity index (χ3n) is 7.95. The van der Waals surface area contributed by atoms with Crippen LogP contribution < -0.4 is 0 Å². The first-order valence-corrected chi connectivity index (χ1v) is 9.61. The van der Waals surface area contributed by atoms with Gasteiger partial charge in [0.2, 0.25) is 0 Å². The molecule has 3 rings (SSSR count). The highest BCUT2D eigenvalue weighted by molar-refractivity contribution is 5.23. The second-order valence-corrected chi connectivity index (χ2v) is 9.51. The molecule has 0 aliphatic heterocycles. The number of ether oxygens (including phenoxy) is 1. The summed E-state index contributed by atoms with van der Waals surface area (Å²) in [5, 5.41) is 0. The first-order chi connectivity index (χ1) is 10.3. The lowest BCUT2D eigenvalue weighted by atomic mass is 9.67. The molecule has 1 heteroatoms. The normalized spacial score (nSPS) is 44.6. The molecule has 1 nitrogen and oxygen atoms in total. The van der Waals surface area contributed by atoms with Crippen LogP contribution in [0.5, 0.6) is 0 Å². The summed E-state index contributed by atoms with van der Waals surface area (Å²) in [6, 6.07) is 0. The van der Waals surface area contributed by atoms with Crippen molar-refractivity contribution < 1.29 is 4.74 Å². The van der Waals surface area contributed by atoms with E-state index in [1.807, 2.05) is 0 Å². The summed E-state index contributed by atoms with van der Waals surface area (Å²) >= 11 is 0. The first-order valence-electron chi connectivity index (χ1n) is 9.61. The van der Waals surface area contributed by atoms with Gasteiger partial charge in [0.25, 0.3) is 0 Å². The fourth-order valence-electron chi connectivity index (χ4n) is 6.22. The lowest BCUT2D eigenvalue weighted by molar-refractivity contribution is -0.0445. The molecule has 5 atom stereocenters. The van der Waals surface area contributed by atoms with E-state index in [0.717, 1.165) is 30.1 Å². The van der Waals surface area contributed by atoms with Crippen molar-refractivity contribution in [3.8, 4) is 0 Å². The number of rotatable bonds is 5. The van der Waals surface area contributed by atoms with Gasteiger partial charge in [-0.2, -0.15) is 0 Å². The van der Waals surface area contributed by atoms with Crippen LogP contribution in [0.25, 0.3) is 0 Å². The van der Waals surface area contributed by atoms with Crippen molar-refractivity contribution in [1.82, 2.24) is 0 Å². The Morgan fingerprint density at radius 2 is 1.82 bits per heavy atom. The molecule has 3 saturated carbocycles. The molecule has 0 aromatic heterocycles. The van der Waals surface area contributed by atoms with E-state index in [2.05, 4.69) is 53.9 Å². The Morgan fingerprint density at radius 3 is 2.50 bits per heavy atom. The zero-order valence-corrected chi connectivity index (χ0v) is 15.6. The summed E-state index contributed by atoms with van der Waals surface area (Å²) in [5.41, 5.74) is 1.02. The molecule has 22 heavy (non-hydrogen) atoms. The topological polar surface area (TPSA) is 9.23 Å². The van der Waals surface area contributed by atoms with Crippen molar-refractivity contribution in [1.29, 1.82) is 0 Å². The minimum atomic E-state index is 0.178. The molecule has 5 unspecified atom stereocenters. The zero-order chi connectivity index (χ0) is 16.2. The van der Waals surface area contributed by atoms with Crippen LogP contribution in [0, 0.1) is 34.5 Å². The highest BCUT2D eigenvalue weighted by atomic mass is 16.5. The number of allylic oxidation sites excluding steroid dienone is 1. The van der Waals surface area contributed by atoms with E-state index < -0.39 is 0 Å². The largest absolute Gasteiger partial charge is 0.495 e. The average molecular weight is 305 g/mol. The maximum atomic E-state index is 6.50. The fraction of sp³-hybridized carbons (Fsp3) is 0.905. The molecule has 126 valence electrons. The average Bonchev–Trinajstić information content (AvgIpc) is 3.15. The van der Waals surface area contributed by atoms with Gasteiger partial charge < -0.3 is 4.74 Å². The Labute approximate surface area is 137 Å². The smallest absolute Gasteiger partial charge is 0.115 e. The van der Waals surface area contributed by atoms with E-state index in [-0.39, 0.29) is 5.60 Å². The van der Waals surface area contributed by atoms with Crippen molar-refractivity contribution >= 4 is 0 Å². The van der Waals surface area contributed by atoms with Gasteiger partial charge in [0.1, 0.15) is 5.60 Å². The first kappa shape index (κ1) is 16.4. The predicted molar refractivity (Wildman–Crippen MR) is 93.5 cm³/mol. The van der Waals surface area contributed by atoms with Crippen LogP contribution in [0.4, 0.5) is 0 Å². The van der Waals surface area contributed by atoms with Crippen LogP contribution in [0.2, 0.25) is 0 Å². The quantitative estimate of drug-likeness (QED) is 0.434. The minimum absolute atomic E-state index is 0.178. The van der Waals surface area contributed by atoms with Gasteiger partial charge >= 0.3 is 0 Å². The van der Waals surface area contributed by atoms with E-state index in [1.54, 1.807) is 0 Å². The van der Waals surface area contributed by atoms with Gasteiger partial charge in [-0.05, 0) is 60.8 Å². The molecule has 0 spiro atoms. The molecule has 3 fully saturated rings. The van der Waals surface area contributed by atoms with Gasteiger partial charge in [-0.15, -0.1) is 0 Å². The molecule has 0 saturated heterocycles. The van der Waals surface area contributed by atoms with Gasteiger partial charge in [0.05, 0.1) is 6.26 Å². The summed E-state index contributed by atoms with van der Waals surface area (Å²) in [7, 11) is 0. The summed E-state index contributed by atoms with van der Waals surface area (Å²) in [6.45, 7) is 14.8. The van der Waals surface area contributed by atoms with E-state index in [4.69, 9.17) is 4.74 Å².